The van der Waals surface area contributed by atoms with Gasteiger partial charge in [-0.1, -0.05) is 42.5 Å². The summed E-state index contributed by atoms with van der Waals surface area (Å²) in [5, 5.41) is 8.88. The Bertz CT molecular complexity index is 1000. The number of carboxylic acids is 1. The lowest BCUT2D eigenvalue weighted by Gasteiger charge is -2.13. The Morgan fingerprint density at radius 3 is 2.70 bits per heavy atom. The first-order valence-electron chi connectivity index (χ1n) is 9.65. The number of hydroxylamine groups is 1. The molecule has 0 radical (unpaired) electrons. The van der Waals surface area contributed by atoms with Crippen LogP contribution in [0.25, 0.3) is 17.0 Å². The highest BCUT2D eigenvalue weighted by molar-refractivity contribution is 5.70. The van der Waals surface area contributed by atoms with Crippen LogP contribution in [0.4, 0.5) is 0 Å². The third-order valence-electron chi connectivity index (χ3n) is 4.31. The van der Waals surface area contributed by atoms with E-state index in [0.717, 1.165) is 22.5 Å². The van der Waals surface area contributed by atoms with Crippen molar-refractivity contribution in [2.24, 2.45) is 0 Å². The number of allylic oxidation sites excluding steroid dienone is 1. The molecule has 0 aliphatic carbocycles. The van der Waals surface area contributed by atoms with Gasteiger partial charge in [-0.15, -0.1) is 0 Å². The lowest BCUT2D eigenvalue weighted by Crippen LogP contribution is -2.18. The van der Waals surface area contributed by atoms with Crippen molar-refractivity contribution in [2.75, 3.05) is 13.2 Å². The predicted molar refractivity (Wildman–Crippen MR) is 116 cm³/mol. The number of hydrogen-bond donors (Lipinski definition) is 2. The molecule has 154 valence electrons. The molecule has 0 aliphatic heterocycles. The van der Waals surface area contributed by atoms with E-state index in [9.17, 15) is 4.79 Å². The molecule has 2 N–H and O–H groups in total. The molecule has 1 heterocycles. The van der Waals surface area contributed by atoms with E-state index in [-0.39, 0.29) is 6.42 Å². The summed E-state index contributed by atoms with van der Waals surface area (Å²) in [5.41, 5.74) is 7.44. The first kappa shape index (κ1) is 21.1. The third-order valence-corrected chi connectivity index (χ3v) is 4.31. The molecule has 0 unspecified atom stereocenters. The Hall–Kier alpha value is -3.64. The van der Waals surface area contributed by atoms with Crippen molar-refractivity contribution in [3.8, 4) is 17.0 Å². The highest BCUT2D eigenvalue weighted by Gasteiger charge is 2.05. The van der Waals surface area contributed by atoms with Crippen molar-refractivity contribution in [3.63, 3.8) is 0 Å². The molecule has 0 atom stereocenters. The van der Waals surface area contributed by atoms with Crippen molar-refractivity contribution in [3.05, 3.63) is 90.1 Å². The minimum absolute atomic E-state index is 0.0303. The first-order valence-corrected chi connectivity index (χ1v) is 9.65. The zero-order valence-electron chi connectivity index (χ0n) is 16.7. The molecular weight excluding hydrogens is 380 g/mol. The molecule has 6 heteroatoms. The lowest BCUT2D eigenvalue weighted by molar-refractivity contribution is -0.136. The van der Waals surface area contributed by atoms with E-state index in [1.807, 2.05) is 49.4 Å². The second kappa shape index (κ2) is 10.8. The zero-order chi connectivity index (χ0) is 21.2. The number of rotatable bonds is 10. The van der Waals surface area contributed by atoms with Crippen LogP contribution in [-0.4, -0.2) is 29.3 Å². The number of nitrogens with one attached hydrogen (secondary N) is 1. The van der Waals surface area contributed by atoms with Crippen LogP contribution >= 0.6 is 0 Å². The number of nitrogens with zero attached hydrogens (tertiary/aromatic N) is 1. The SMILES string of the molecule is CC=C(NOCCOc1cccc(CC(=O)O)c1)c1cccc(-c2ccccn2)c1. The van der Waals surface area contributed by atoms with Gasteiger partial charge in [-0.3, -0.25) is 20.1 Å². The highest BCUT2D eigenvalue weighted by atomic mass is 16.7. The Labute approximate surface area is 175 Å². The number of carboxylic acid groups (broad SMARTS) is 1. The van der Waals surface area contributed by atoms with E-state index in [1.54, 1.807) is 30.5 Å². The van der Waals surface area contributed by atoms with E-state index in [0.29, 0.717) is 24.5 Å². The monoisotopic (exact) mass is 404 g/mol. The van der Waals surface area contributed by atoms with E-state index >= 15 is 0 Å². The smallest absolute Gasteiger partial charge is 0.307 e. The predicted octanol–water partition coefficient (Wildman–Crippen LogP) is 4.34. The van der Waals surface area contributed by atoms with Crippen molar-refractivity contribution in [1.82, 2.24) is 10.5 Å². The van der Waals surface area contributed by atoms with Gasteiger partial charge in [-0.2, -0.15) is 0 Å². The average molecular weight is 404 g/mol. The Morgan fingerprint density at radius 2 is 1.93 bits per heavy atom. The molecule has 2 aromatic carbocycles. The number of pyridine rings is 1. The summed E-state index contributed by atoms with van der Waals surface area (Å²) < 4.78 is 5.64. The van der Waals surface area contributed by atoms with Gasteiger partial charge in [-0.25, -0.2) is 0 Å². The second-order valence-electron chi connectivity index (χ2n) is 6.52. The van der Waals surface area contributed by atoms with Crippen LogP contribution in [-0.2, 0) is 16.1 Å². The summed E-state index contributed by atoms with van der Waals surface area (Å²) in [6.07, 6.45) is 3.68. The first-order chi connectivity index (χ1) is 14.7. The fraction of sp³-hybridized carbons (Fsp3) is 0.167. The van der Waals surface area contributed by atoms with Gasteiger partial charge in [0.15, 0.2) is 0 Å². The lowest BCUT2D eigenvalue weighted by atomic mass is 10.1. The van der Waals surface area contributed by atoms with Gasteiger partial charge < -0.3 is 9.84 Å². The molecule has 0 fully saturated rings. The largest absolute Gasteiger partial charge is 0.491 e. The third kappa shape index (κ3) is 6.18. The standard InChI is InChI=1S/C24H24N2O4/c1-2-22(19-8-6-9-20(17-19)23-11-3-4-12-25-23)26-30-14-13-29-21-10-5-7-18(15-21)16-24(27)28/h2-12,15,17,26H,13-14,16H2,1H3,(H,27,28). The van der Waals surface area contributed by atoms with Gasteiger partial charge >= 0.3 is 5.97 Å². The fourth-order valence-electron chi connectivity index (χ4n) is 2.91. The van der Waals surface area contributed by atoms with Crippen LogP contribution in [0.2, 0.25) is 0 Å². The van der Waals surface area contributed by atoms with Crippen LogP contribution in [0, 0.1) is 0 Å². The van der Waals surface area contributed by atoms with Crippen LogP contribution in [0.15, 0.2) is 79.0 Å². The zero-order valence-corrected chi connectivity index (χ0v) is 16.7. The maximum atomic E-state index is 10.8. The Kier molecular flexibility index (Phi) is 7.58. The molecule has 3 rings (SSSR count). The minimum atomic E-state index is -0.870. The molecular formula is C24H24N2O4. The molecule has 30 heavy (non-hydrogen) atoms. The minimum Gasteiger partial charge on any atom is -0.491 e. The molecule has 0 saturated carbocycles. The molecule has 0 spiro atoms. The number of carbonyl (C=O) groups is 1. The number of hydrogen-bond acceptors (Lipinski definition) is 5. The number of aliphatic carboxylic acids is 1. The van der Waals surface area contributed by atoms with Crippen molar-refractivity contribution in [2.45, 2.75) is 13.3 Å². The van der Waals surface area contributed by atoms with Gasteiger partial charge in [0.25, 0.3) is 0 Å². The molecule has 3 aromatic rings. The van der Waals surface area contributed by atoms with Gasteiger partial charge in [0.1, 0.15) is 19.0 Å². The summed E-state index contributed by atoms with van der Waals surface area (Å²) in [6.45, 7) is 2.58. The van der Waals surface area contributed by atoms with Crippen molar-refractivity contribution < 1.29 is 19.5 Å². The summed E-state index contributed by atoms with van der Waals surface area (Å²) >= 11 is 0. The quantitative estimate of drug-likeness (QED) is 0.387. The molecule has 6 nitrogen and oxygen atoms in total. The number of ether oxygens (including phenoxy) is 1. The Balaban J connectivity index is 1.50. The van der Waals surface area contributed by atoms with Gasteiger partial charge in [0, 0.05) is 17.3 Å². The molecule has 0 aliphatic rings. The fourth-order valence-corrected chi connectivity index (χ4v) is 2.91. The number of benzene rings is 2. The number of aromatic nitrogens is 1. The summed E-state index contributed by atoms with van der Waals surface area (Å²) in [5.74, 6) is -0.252. The topological polar surface area (TPSA) is 80.7 Å². The van der Waals surface area contributed by atoms with Crippen LogP contribution in [0.5, 0.6) is 5.75 Å². The van der Waals surface area contributed by atoms with Gasteiger partial charge in [0.05, 0.1) is 17.8 Å². The summed E-state index contributed by atoms with van der Waals surface area (Å²) in [7, 11) is 0. The van der Waals surface area contributed by atoms with Crippen LogP contribution < -0.4 is 10.2 Å². The average Bonchev–Trinajstić information content (AvgIpc) is 2.77. The van der Waals surface area contributed by atoms with Crippen molar-refractivity contribution >= 4 is 11.7 Å². The van der Waals surface area contributed by atoms with E-state index < -0.39 is 5.97 Å². The normalized spacial score (nSPS) is 11.2. The van der Waals surface area contributed by atoms with Crippen LogP contribution in [0.1, 0.15) is 18.1 Å². The van der Waals surface area contributed by atoms with E-state index in [1.165, 1.54) is 0 Å². The molecule has 0 amide bonds. The second-order valence-corrected chi connectivity index (χ2v) is 6.52. The molecule has 0 saturated heterocycles. The van der Waals surface area contributed by atoms with Crippen LogP contribution in [0.3, 0.4) is 0 Å². The molecule has 1 aromatic heterocycles. The summed E-state index contributed by atoms with van der Waals surface area (Å²) in [6, 6.07) is 20.9. The summed E-state index contributed by atoms with van der Waals surface area (Å²) in [4.78, 5) is 20.8. The van der Waals surface area contributed by atoms with E-state index in [4.69, 9.17) is 14.7 Å². The highest BCUT2D eigenvalue weighted by Crippen LogP contribution is 2.21. The van der Waals surface area contributed by atoms with E-state index in [2.05, 4.69) is 16.5 Å². The maximum absolute atomic E-state index is 10.8. The maximum Gasteiger partial charge on any atom is 0.307 e. The molecule has 0 bridgehead atoms. The van der Waals surface area contributed by atoms with Crippen molar-refractivity contribution in [1.29, 1.82) is 0 Å². The van der Waals surface area contributed by atoms with Gasteiger partial charge in [0.2, 0.25) is 0 Å². The Morgan fingerprint density at radius 1 is 1.07 bits per heavy atom. The van der Waals surface area contributed by atoms with Gasteiger partial charge in [-0.05, 0) is 42.8 Å².